The number of carbonyl (C=O) groups excluding carboxylic acids is 2. The van der Waals surface area contributed by atoms with Gasteiger partial charge in [0, 0.05) is 5.70 Å². The molecule has 0 aliphatic carbocycles. The molecule has 0 saturated heterocycles. The number of carbonyl (C=O) groups is 2. The van der Waals surface area contributed by atoms with Gasteiger partial charge >= 0.3 is 12.1 Å². The number of amides is 1. The second kappa shape index (κ2) is 8.27. The van der Waals surface area contributed by atoms with Crippen LogP contribution in [0.15, 0.2) is 23.4 Å². The molecule has 1 atom stereocenters. The van der Waals surface area contributed by atoms with Gasteiger partial charge in [-0.3, -0.25) is 9.69 Å². The first-order chi connectivity index (χ1) is 10.5. The van der Waals surface area contributed by atoms with Crippen LogP contribution >= 0.6 is 34.8 Å². The fourth-order valence-electron chi connectivity index (χ4n) is 2.21. The van der Waals surface area contributed by atoms with Crippen molar-refractivity contribution in [3.8, 4) is 0 Å². The van der Waals surface area contributed by atoms with Gasteiger partial charge in [0.25, 0.3) is 0 Å². The van der Waals surface area contributed by atoms with Gasteiger partial charge in [-0.05, 0) is 33.8 Å². The van der Waals surface area contributed by atoms with E-state index in [1.54, 1.807) is 32.9 Å². The molecule has 0 saturated carbocycles. The van der Waals surface area contributed by atoms with E-state index in [0.717, 1.165) is 5.57 Å². The van der Waals surface area contributed by atoms with Crippen LogP contribution in [0.25, 0.3) is 0 Å². The van der Waals surface area contributed by atoms with Crippen molar-refractivity contribution in [2.24, 2.45) is 0 Å². The first-order valence-corrected chi connectivity index (χ1v) is 8.22. The van der Waals surface area contributed by atoms with E-state index in [2.05, 4.69) is 0 Å². The van der Waals surface area contributed by atoms with Crippen molar-refractivity contribution in [3.63, 3.8) is 0 Å². The van der Waals surface area contributed by atoms with Crippen LogP contribution in [0.3, 0.4) is 0 Å². The Morgan fingerprint density at radius 1 is 1.30 bits per heavy atom. The quantitative estimate of drug-likeness (QED) is 0.533. The number of rotatable bonds is 4. The maximum atomic E-state index is 12.3. The maximum Gasteiger partial charge on any atom is 0.414 e. The molecular weight excluding hydrogens is 365 g/mol. The third-order valence-electron chi connectivity index (χ3n) is 2.90. The number of nitrogens with zero attached hydrogens (tertiary/aromatic N) is 1. The predicted octanol–water partition coefficient (Wildman–Crippen LogP) is 4.37. The summed E-state index contributed by atoms with van der Waals surface area (Å²) in [4.78, 5) is 25.5. The molecule has 5 nitrogen and oxygen atoms in total. The number of allylic oxidation sites excluding steroid dienone is 3. The average Bonchev–Trinajstić information content (AvgIpc) is 2.33. The van der Waals surface area contributed by atoms with E-state index in [0.29, 0.717) is 5.70 Å². The molecule has 0 aromatic rings. The molecule has 0 N–H and O–H groups in total. The second-order valence-electron chi connectivity index (χ2n) is 5.55. The molecule has 23 heavy (non-hydrogen) atoms. The van der Waals surface area contributed by atoms with Crippen LogP contribution in [-0.4, -0.2) is 39.5 Å². The van der Waals surface area contributed by atoms with Gasteiger partial charge in [0.05, 0.1) is 18.6 Å². The molecule has 8 heteroatoms. The zero-order valence-electron chi connectivity index (χ0n) is 13.4. The van der Waals surface area contributed by atoms with Gasteiger partial charge in [-0.1, -0.05) is 46.5 Å². The Hall–Kier alpha value is -0.910. The fraction of sp³-hybridized carbons (Fsp3) is 0.600. The molecule has 1 rings (SSSR count). The summed E-state index contributed by atoms with van der Waals surface area (Å²) >= 11 is 16.8. The summed E-state index contributed by atoms with van der Waals surface area (Å²) in [5, 5.41) is 0. The van der Waals surface area contributed by atoms with E-state index in [9.17, 15) is 9.59 Å². The van der Waals surface area contributed by atoms with Gasteiger partial charge in [-0.25, -0.2) is 4.79 Å². The van der Waals surface area contributed by atoms with Gasteiger partial charge in [-0.15, -0.1) is 0 Å². The summed E-state index contributed by atoms with van der Waals surface area (Å²) in [6.45, 7) is 6.77. The lowest BCUT2D eigenvalue weighted by Gasteiger charge is -2.32. The van der Waals surface area contributed by atoms with Gasteiger partial charge in [0.1, 0.15) is 6.61 Å². The summed E-state index contributed by atoms with van der Waals surface area (Å²) in [5.74, 6) is -0.400. The van der Waals surface area contributed by atoms with Crippen molar-refractivity contribution < 1.29 is 19.1 Å². The average molecular weight is 385 g/mol. The monoisotopic (exact) mass is 383 g/mol. The topological polar surface area (TPSA) is 55.8 Å². The first kappa shape index (κ1) is 20.1. The molecule has 0 bridgehead atoms. The van der Waals surface area contributed by atoms with E-state index in [1.165, 1.54) is 4.90 Å². The summed E-state index contributed by atoms with van der Waals surface area (Å²) in [7, 11) is 0. The summed E-state index contributed by atoms with van der Waals surface area (Å²) < 4.78 is 8.46. The standard InChI is InChI=1S/C15H20Cl3NO4/c1-9(2)23-13(20)7-12-6-10(3)5-11(4)19(12)14(21)22-8-15(16,17)18/h5-6,9,12H,7-8H2,1-4H3/t12-/m0/s1. The number of ether oxygens (including phenoxy) is 2. The van der Waals surface area contributed by atoms with Gasteiger partial charge in [-0.2, -0.15) is 0 Å². The number of hydrogen-bond donors (Lipinski definition) is 0. The van der Waals surface area contributed by atoms with Gasteiger partial charge < -0.3 is 9.47 Å². The smallest absolute Gasteiger partial charge is 0.414 e. The lowest BCUT2D eigenvalue weighted by Crippen LogP contribution is -2.42. The van der Waals surface area contributed by atoms with Gasteiger partial charge in [0.15, 0.2) is 0 Å². The van der Waals surface area contributed by atoms with Crippen LogP contribution in [0.4, 0.5) is 4.79 Å². The van der Waals surface area contributed by atoms with Crippen LogP contribution < -0.4 is 0 Å². The number of hydrogen-bond acceptors (Lipinski definition) is 4. The van der Waals surface area contributed by atoms with E-state index in [4.69, 9.17) is 44.3 Å². The molecule has 1 aliphatic rings. The summed E-state index contributed by atoms with van der Waals surface area (Å²) in [6.07, 6.45) is 2.71. The van der Waals surface area contributed by atoms with Crippen LogP contribution in [0.2, 0.25) is 0 Å². The lowest BCUT2D eigenvalue weighted by molar-refractivity contribution is -0.148. The molecule has 130 valence electrons. The Kier molecular flexibility index (Phi) is 7.24. The first-order valence-electron chi connectivity index (χ1n) is 7.08. The fourth-order valence-corrected chi connectivity index (χ4v) is 2.37. The second-order valence-corrected chi connectivity index (χ2v) is 8.06. The highest BCUT2D eigenvalue weighted by atomic mass is 35.6. The molecule has 0 aromatic carbocycles. The number of alkyl halides is 3. The van der Waals surface area contributed by atoms with Crippen molar-refractivity contribution in [2.45, 2.75) is 50.1 Å². The molecule has 0 fully saturated rings. The third-order valence-corrected chi connectivity index (χ3v) is 3.23. The minimum absolute atomic E-state index is 0.0174. The van der Waals surface area contributed by atoms with Crippen molar-refractivity contribution in [2.75, 3.05) is 6.61 Å². The Morgan fingerprint density at radius 2 is 1.91 bits per heavy atom. The summed E-state index contributed by atoms with van der Waals surface area (Å²) in [5.41, 5.74) is 1.58. The zero-order chi connectivity index (χ0) is 17.8. The SMILES string of the molecule is CC1=C[C@@H](CC(=O)OC(C)C)N(C(=O)OCC(Cl)(Cl)Cl)C(C)=C1. The molecule has 1 heterocycles. The highest BCUT2D eigenvalue weighted by Crippen LogP contribution is 2.28. The highest BCUT2D eigenvalue weighted by molar-refractivity contribution is 6.67. The Morgan fingerprint density at radius 3 is 2.43 bits per heavy atom. The molecule has 1 aliphatic heterocycles. The lowest BCUT2D eigenvalue weighted by atomic mass is 10.0. The Balaban J connectivity index is 2.85. The minimum Gasteiger partial charge on any atom is -0.463 e. The number of halogens is 3. The van der Waals surface area contributed by atoms with Crippen LogP contribution in [-0.2, 0) is 14.3 Å². The van der Waals surface area contributed by atoms with Gasteiger partial charge in [0.2, 0.25) is 3.79 Å². The molecule has 0 unspecified atom stereocenters. The van der Waals surface area contributed by atoms with Crippen molar-refractivity contribution in [3.05, 3.63) is 23.4 Å². The van der Waals surface area contributed by atoms with Crippen molar-refractivity contribution in [1.82, 2.24) is 4.90 Å². The van der Waals surface area contributed by atoms with E-state index >= 15 is 0 Å². The van der Waals surface area contributed by atoms with Crippen LogP contribution in [0.5, 0.6) is 0 Å². The largest absolute Gasteiger partial charge is 0.463 e. The zero-order valence-corrected chi connectivity index (χ0v) is 15.7. The molecule has 0 spiro atoms. The van der Waals surface area contributed by atoms with E-state index in [1.807, 2.05) is 6.92 Å². The van der Waals surface area contributed by atoms with Crippen LogP contribution in [0, 0.1) is 0 Å². The van der Waals surface area contributed by atoms with E-state index in [-0.39, 0.29) is 19.1 Å². The van der Waals surface area contributed by atoms with Crippen LogP contribution in [0.1, 0.15) is 34.1 Å². The maximum absolute atomic E-state index is 12.3. The molecule has 1 amide bonds. The molecular formula is C15H20Cl3NO4. The minimum atomic E-state index is -1.69. The van der Waals surface area contributed by atoms with E-state index < -0.39 is 21.9 Å². The highest BCUT2D eigenvalue weighted by Gasteiger charge is 2.32. The molecule has 0 aromatic heterocycles. The number of esters is 1. The third kappa shape index (κ3) is 7.02. The normalized spacial score (nSPS) is 18.4. The predicted molar refractivity (Wildman–Crippen MR) is 90.6 cm³/mol. The Labute approximate surface area is 151 Å². The summed E-state index contributed by atoms with van der Waals surface area (Å²) in [6, 6.07) is -0.505. The molecule has 0 radical (unpaired) electrons. The van der Waals surface area contributed by atoms with Crippen molar-refractivity contribution >= 4 is 46.9 Å². The van der Waals surface area contributed by atoms with Crippen molar-refractivity contribution in [1.29, 1.82) is 0 Å². The Bertz CT molecular complexity index is 523.